The van der Waals surface area contributed by atoms with Gasteiger partial charge in [-0.2, -0.15) is 0 Å². The number of rotatable bonds is 2. The van der Waals surface area contributed by atoms with Gasteiger partial charge in [0.1, 0.15) is 4.32 Å². The lowest BCUT2D eigenvalue weighted by Gasteiger charge is -2.29. The highest BCUT2D eigenvalue weighted by Crippen LogP contribution is 2.37. The standard InChI is InChI=1S/C20H19NOS2/c22-19-18(24-20(23)21(19)16-10-2-1-3-11-16)13-15-9-6-8-14-7-4-5-12-17(14)15/h4-9,12-13,16H,1-3,10-11H2/b18-13-. The number of thiocarbonyl (C=S) groups is 1. The third-order valence-electron chi connectivity index (χ3n) is 4.87. The first-order valence-corrected chi connectivity index (χ1v) is 9.71. The van der Waals surface area contributed by atoms with Crippen molar-refractivity contribution in [3.8, 4) is 0 Å². The lowest BCUT2D eigenvalue weighted by atomic mass is 9.94. The number of thioether (sulfide) groups is 1. The van der Waals surface area contributed by atoms with Gasteiger partial charge < -0.3 is 0 Å². The zero-order valence-corrected chi connectivity index (χ0v) is 15.0. The smallest absolute Gasteiger partial charge is 0.266 e. The van der Waals surface area contributed by atoms with Crippen LogP contribution in [-0.2, 0) is 4.79 Å². The highest BCUT2D eigenvalue weighted by molar-refractivity contribution is 8.26. The number of benzene rings is 2. The Morgan fingerprint density at radius 1 is 1.04 bits per heavy atom. The molecule has 0 radical (unpaired) electrons. The van der Waals surface area contributed by atoms with Gasteiger partial charge in [-0.1, -0.05) is 85.7 Å². The zero-order valence-electron chi connectivity index (χ0n) is 13.4. The van der Waals surface area contributed by atoms with Crippen LogP contribution in [0.5, 0.6) is 0 Å². The molecule has 1 saturated carbocycles. The highest BCUT2D eigenvalue weighted by Gasteiger charge is 2.37. The van der Waals surface area contributed by atoms with Gasteiger partial charge in [0.15, 0.2) is 0 Å². The summed E-state index contributed by atoms with van der Waals surface area (Å²) in [4.78, 5) is 15.5. The summed E-state index contributed by atoms with van der Waals surface area (Å²) in [6, 6.07) is 14.8. The quantitative estimate of drug-likeness (QED) is 0.534. The average Bonchev–Trinajstić information content (AvgIpc) is 2.90. The largest absolute Gasteiger partial charge is 0.290 e. The van der Waals surface area contributed by atoms with Crippen molar-refractivity contribution >= 4 is 51.1 Å². The fourth-order valence-corrected chi connectivity index (χ4v) is 5.04. The molecule has 1 saturated heterocycles. The third kappa shape index (κ3) is 2.89. The van der Waals surface area contributed by atoms with Crippen molar-refractivity contribution in [3.63, 3.8) is 0 Å². The Bertz CT molecular complexity index is 831. The first-order valence-electron chi connectivity index (χ1n) is 8.49. The molecule has 2 aliphatic rings. The second-order valence-electron chi connectivity index (χ2n) is 6.41. The number of fused-ring (bicyclic) bond motifs is 1. The summed E-state index contributed by atoms with van der Waals surface area (Å²) in [6.07, 6.45) is 7.83. The molecule has 24 heavy (non-hydrogen) atoms. The van der Waals surface area contributed by atoms with Crippen LogP contribution in [0.15, 0.2) is 47.4 Å². The van der Waals surface area contributed by atoms with Crippen LogP contribution in [0.3, 0.4) is 0 Å². The molecule has 0 spiro atoms. The van der Waals surface area contributed by atoms with Gasteiger partial charge in [0, 0.05) is 6.04 Å². The molecule has 2 aromatic carbocycles. The molecule has 1 amide bonds. The molecule has 2 fully saturated rings. The van der Waals surface area contributed by atoms with E-state index in [0.29, 0.717) is 6.04 Å². The maximum Gasteiger partial charge on any atom is 0.266 e. The summed E-state index contributed by atoms with van der Waals surface area (Å²) < 4.78 is 0.721. The molecule has 1 aliphatic heterocycles. The summed E-state index contributed by atoms with van der Waals surface area (Å²) in [6.45, 7) is 0. The van der Waals surface area contributed by atoms with Gasteiger partial charge in [-0.05, 0) is 35.3 Å². The van der Waals surface area contributed by atoms with E-state index in [0.717, 1.165) is 27.6 Å². The fraction of sp³-hybridized carbons (Fsp3) is 0.300. The van der Waals surface area contributed by atoms with Crippen LogP contribution < -0.4 is 0 Å². The van der Waals surface area contributed by atoms with E-state index in [1.54, 1.807) is 0 Å². The van der Waals surface area contributed by atoms with Crippen LogP contribution in [0.2, 0.25) is 0 Å². The molecule has 1 aliphatic carbocycles. The molecule has 1 heterocycles. The van der Waals surface area contributed by atoms with Crippen LogP contribution >= 0.6 is 24.0 Å². The van der Waals surface area contributed by atoms with Crippen LogP contribution in [0.4, 0.5) is 0 Å². The lowest BCUT2D eigenvalue weighted by molar-refractivity contribution is -0.124. The summed E-state index contributed by atoms with van der Waals surface area (Å²) in [5.74, 6) is 0.0878. The van der Waals surface area contributed by atoms with Crippen LogP contribution in [0.1, 0.15) is 37.7 Å². The summed E-state index contributed by atoms with van der Waals surface area (Å²) in [5.41, 5.74) is 1.08. The van der Waals surface area contributed by atoms with E-state index in [1.807, 2.05) is 29.2 Å². The van der Waals surface area contributed by atoms with Crippen LogP contribution in [-0.4, -0.2) is 21.2 Å². The van der Waals surface area contributed by atoms with E-state index in [4.69, 9.17) is 12.2 Å². The first-order chi connectivity index (χ1) is 11.7. The van der Waals surface area contributed by atoms with Gasteiger partial charge in [0.2, 0.25) is 0 Å². The minimum absolute atomic E-state index is 0.0878. The topological polar surface area (TPSA) is 20.3 Å². The minimum atomic E-state index is 0.0878. The van der Waals surface area contributed by atoms with E-state index in [2.05, 4.69) is 24.3 Å². The van der Waals surface area contributed by atoms with Gasteiger partial charge >= 0.3 is 0 Å². The summed E-state index contributed by atoms with van der Waals surface area (Å²) in [5, 5.41) is 2.36. The lowest BCUT2D eigenvalue weighted by Crippen LogP contribution is -2.39. The minimum Gasteiger partial charge on any atom is -0.290 e. The van der Waals surface area contributed by atoms with Gasteiger partial charge in [0.25, 0.3) is 5.91 Å². The third-order valence-corrected chi connectivity index (χ3v) is 6.20. The van der Waals surface area contributed by atoms with Gasteiger partial charge in [-0.3, -0.25) is 9.69 Å². The number of hydrogen-bond donors (Lipinski definition) is 0. The van der Waals surface area contributed by atoms with Crippen molar-refractivity contribution in [3.05, 3.63) is 52.9 Å². The SMILES string of the molecule is O=C1/C(=C/c2cccc3ccccc23)SC(=S)N1C1CCCCC1. The van der Waals surface area contributed by atoms with Gasteiger partial charge in [-0.25, -0.2) is 0 Å². The normalized spacial score (nSPS) is 21.2. The number of amides is 1. The average molecular weight is 354 g/mol. The highest BCUT2D eigenvalue weighted by atomic mass is 32.2. The van der Waals surface area contributed by atoms with Crippen molar-refractivity contribution in [1.29, 1.82) is 0 Å². The Kier molecular flexibility index (Phi) is 4.42. The number of carbonyl (C=O) groups excluding carboxylic acids is 1. The van der Waals surface area contributed by atoms with Gasteiger partial charge in [-0.15, -0.1) is 0 Å². The Balaban J connectivity index is 1.67. The molecule has 2 nitrogen and oxygen atoms in total. The van der Waals surface area contributed by atoms with E-state index >= 15 is 0 Å². The molecule has 0 atom stereocenters. The molecule has 122 valence electrons. The van der Waals surface area contributed by atoms with E-state index in [-0.39, 0.29) is 5.91 Å². The predicted molar refractivity (Wildman–Crippen MR) is 106 cm³/mol. The van der Waals surface area contributed by atoms with Crippen molar-refractivity contribution in [2.75, 3.05) is 0 Å². The Morgan fingerprint density at radius 3 is 2.62 bits per heavy atom. The Morgan fingerprint density at radius 2 is 1.79 bits per heavy atom. The van der Waals surface area contributed by atoms with Crippen molar-refractivity contribution in [1.82, 2.24) is 4.90 Å². The zero-order chi connectivity index (χ0) is 16.5. The fourth-order valence-electron chi connectivity index (χ4n) is 3.65. The van der Waals surface area contributed by atoms with Crippen molar-refractivity contribution < 1.29 is 4.79 Å². The predicted octanol–water partition coefficient (Wildman–Crippen LogP) is 5.37. The molecule has 2 aromatic rings. The molecule has 4 heteroatoms. The second-order valence-corrected chi connectivity index (χ2v) is 8.09. The van der Waals surface area contributed by atoms with E-state index in [9.17, 15) is 4.79 Å². The van der Waals surface area contributed by atoms with E-state index in [1.165, 1.54) is 41.8 Å². The van der Waals surface area contributed by atoms with Crippen molar-refractivity contribution in [2.45, 2.75) is 38.1 Å². The summed E-state index contributed by atoms with van der Waals surface area (Å²) in [7, 11) is 0. The number of nitrogens with zero attached hydrogens (tertiary/aromatic N) is 1. The second kappa shape index (κ2) is 6.69. The van der Waals surface area contributed by atoms with E-state index < -0.39 is 0 Å². The number of carbonyl (C=O) groups is 1. The van der Waals surface area contributed by atoms with Crippen LogP contribution in [0, 0.1) is 0 Å². The van der Waals surface area contributed by atoms with Crippen LogP contribution in [0.25, 0.3) is 16.8 Å². The maximum atomic E-state index is 12.9. The molecule has 0 aromatic heterocycles. The monoisotopic (exact) mass is 353 g/mol. The molecular formula is C20H19NOS2. The Labute approximate surface area is 151 Å². The first kappa shape index (κ1) is 15.9. The Hall–Kier alpha value is -1.65. The summed E-state index contributed by atoms with van der Waals surface area (Å²) >= 11 is 6.96. The molecule has 0 bridgehead atoms. The molecular weight excluding hydrogens is 334 g/mol. The maximum absolute atomic E-state index is 12.9. The van der Waals surface area contributed by atoms with Gasteiger partial charge in [0.05, 0.1) is 4.91 Å². The molecule has 0 N–H and O–H groups in total. The molecule has 4 rings (SSSR count). The molecule has 0 unspecified atom stereocenters. The number of hydrogen-bond acceptors (Lipinski definition) is 3. The van der Waals surface area contributed by atoms with Crippen molar-refractivity contribution in [2.24, 2.45) is 0 Å².